The highest BCUT2D eigenvalue weighted by Gasteiger charge is 2.12. The average molecular weight is 314 g/mol. The first kappa shape index (κ1) is 16.7. The van der Waals surface area contributed by atoms with Gasteiger partial charge < -0.3 is 15.4 Å². The van der Waals surface area contributed by atoms with Crippen molar-refractivity contribution in [2.24, 2.45) is 5.92 Å². The molecule has 0 bridgehead atoms. The molecule has 0 unspecified atom stereocenters. The van der Waals surface area contributed by atoms with Crippen LogP contribution >= 0.6 is 0 Å². The Morgan fingerprint density at radius 3 is 2.61 bits per heavy atom. The summed E-state index contributed by atoms with van der Waals surface area (Å²) < 4.78 is 5.25. The Morgan fingerprint density at radius 1 is 1.22 bits per heavy atom. The zero-order valence-corrected chi connectivity index (χ0v) is 13.9. The molecule has 0 atom stereocenters. The number of amides is 1. The molecule has 0 saturated heterocycles. The third-order valence-corrected chi connectivity index (χ3v) is 3.19. The molecule has 1 aromatic carbocycles. The number of nitrogens with one attached hydrogen (secondary N) is 2. The van der Waals surface area contributed by atoms with Crippen LogP contribution in [0.4, 0.5) is 11.5 Å². The van der Waals surface area contributed by atoms with Crippen molar-refractivity contribution in [2.45, 2.75) is 20.8 Å². The van der Waals surface area contributed by atoms with Gasteiger partial charge in [0.1, 0.15) is 11.6 Å². The van der Waals surface area contributed by atoms with Crippen LogP contribution < -0.4 is 15.4 Å². The Bertz CT molecular complexity index is 669. The van der Waals surface area contributed by atoms with E-state index in [0.29, 0.717) is 23.2 Å². The van der Waals surface area contributed by atoms with E-state index in [1.165, 1.54) is 0 Å². The highest BCUT2D eigenvalue weighted by atomic mass is 16.5. The number of aryl methyl sites for hydroxylation is 1. The van der Waals surface area contributed by atoms with Gasteiger partial charge in [0.25, 0.3) is 5.91 Å². The number of anilines is 2. The normalized spacial score (nSPS) is 10.5. The van der Waals surface area contributed by atoms with Crippen LogP contribution in [-0.4, -0.2) is 29.8 Å². The number of benzene rings is 1. The third kappa shape index (κ3) is 4.67. The lowest BCUT2D eigenvalue weighted by atomic mass is 10.2. The van der Waals surface area contributed by atoms with Crippen LogP contribution in [0.2, 0.25) is 0 Å². The van der Waals surface area contributed by atoms with E-state index in [1.807, 2.05) is 25.1 Å². The van der Waals surface area contributed by atoms with Crippen molar-refractivity contribution in [3.05, 3.63) is 41.6 Å². The number of carbonyl (C=O) groups is 1. The van der Waals surface area contributed by atoms with Crippen molar-refractivity contribution < 1.29 is 9.53 Å². The fourth-order valence-electron chi connectivity index (χ4n) is 1.96. The van der Waals surface area contributed by atoms with Gasteiger partial charge in [0, 0.05) is 6.54 Å². The molecule has 1 amide bonds. The Morgan fingerprint density at radius 2 is 2.00 bits per heavy atom. The molecule has 0 radical (unpaired) electrons. The molecule has 23 heavy (non-hydrogen) atoms. The molecule has 6 heteroatoms. The van der Waals surface area contributed by atoms with E-state index in [2.05, 4.69) is 34.7 Å². The lowest BCUT2D eigenvalue weighted by molar-refractivity contribution is 0.102. The second-order valence-electron chi connectivity index (χ2n) is 5.74. The minimum absolute atomic E-state index is 0.253. The van der Waals surface area contributed by atoms with E-state index in [4.69, 9.17) is 4.74 Å². The summed E-state index contributed by atoms with van der Waals surface area (Å²) in [6, 6.07) is 8.98. The van der Waals surface area contributed by atoms with Gasteiger partial charge in [0.2, 0.25) is 0 Å². The monoisotopic (exact) mass is 314 g/mol. The van der Waals surface area contributed by atoms with Crippen molar-refractivity contribution in [1.29, 1.82) is 0 Å². The van der Waals surface area contributed by atoms with Gasteiger partial charge in [-0.1, -0.05) is 19.9 Å². The molecular formula is C17H22N4O2. The van der Waals surface area contributed by atoms with Crippen molar-refractivity contribution in [2.75, 3.05) is 24.3 Å². The summed E-state index contributed by atoms with van der Waals surface area (Å²) in [5, 5.41) is 13.9. The molecule has 2 aromatic rings. The summed E-state index contributed by atoms with van der Waals surface area (Å²) in [4.78, 5) is 12.3. The van der Waals surface area contributed by atoms with E-state index >= 15 is 0 Å². The Labute approximate surface area is 136 Å². The van der Waals surface area contributed by atoms with Crippen molar-refractivity contribution in [1.82, 2.24) is 10.2 Å². The first-order chi connectivity index (χ1) is 11.0. The minimum atomic E-state index is -0.322. The molecule has 0 spiro atoms. The molecule has 2 N–H and O–H groups in total. The summed E-state index contributed by atoms with van der Waals surface area (Å²) in [6.45, 7) is 6.97. The number of nitrogens with zero attached hydrogens (tertiary/aromatic N) is 2. The van der Waals surface area contributed by atoms with Gasteiger partial charge in [-0.15, -0.1) is 10.2 Å². The van der Waals surface area contributed by atoms with Gasteiger partial charge in [-0.05, 0) is 42.7 Å². The maximum atomic E-state index is 12.3. The Kier molecular flexibility index (Phi) is 5.51. The molecule has 0 aliphatic rings. The molecule has 1 aromatic heterocycles. The first-order valence-corrected chi connectivity index (χ1v) is 7.53. The second kappa shape index (κ2) is 7.58. The van der Waals surface area contributed by atoms with Crippen molar-refractivity contribution in [3.8, 4) is 5.75 Å². The zero-order chi connectivity index (χ0) is 16.8. The predicted octanol–water partition coefficient (Wildman–Crippen LogP) is 3.11. The summed E-state index contributed by atoms with van der Waals surface area (Å²) >= 11 is 0. The van der Waals surface area contributed by atoms with Crippen molar-refractivity contribution in [3.63, 3.8) is 0 Å². The molecule has 6 nitrogen and oxygen atoms in total. The molecule has 0 saturated carbocycles. The van der Waals surface area contributed by atoms with E-state index in [0.717, 1.165) is 12.1 Å². The number of ether oxygens (including phenoxy) is 1. The van der Waals surface area contributed by atoms with Crippen LogP contribution in [0.15, 0.2) is 30.3 Å². The van der Waals surface area contributed by atoms with Gasteiger partial charge in [-0.3, -0.25) is 4.79 Å². The fourth-order valence-corrected chi connectivity index (χ4v) is 1.96. The van der Waals surface area contributed by atoms with Crippen LogP contribution in [0.25, 0.3) is 0 Å². The molecule has 2 rings (SSSR count). The summed E-state index contributed by atoms with van der Waals surface area (Å²) in [6.07, 6.45) is 0. The van der Waals surface area contributed by atoms with E-state index in [-0.39, 0.29) is 11.6 Å². The van der Waals surface area contributed by atoms with Crippen LogP contribution in [0.1, 0.15) is 29.9 Å². The number of hydrogen-bond acceptors (Lipinski definition) is 5. The number of methoxy groups -OCH3 is 1. The Balaban J connectivity index is 2.07. The highest BCUT2D eigenvalue weighted by Crippen LogP contribution is 2.25. The fraction of sp³-hybridized carbons (Fsp3) is 0.353. The van der Waals surface area contributed by atoms with Crippen LogP contribution in [0, 0.1) is 12.8 Å². The largest absolute Gasteiger partial charge is 0.495 e. The molecule has 0 aliphatic carbocycles. The SMILES string of the molecule is COc1ccc(C)cc1NC(=O)c1ccc(NCC(C)C)nn1. The standard InChI is InChI=1S/C17H22N4O2/c1-11(2)10-18-16-8-6-13(20-21-16)17(22)19-14-9-12(3)5-7-15(14)23-4/h5-9,11H,10H2,1-4H3,(H,18,21)(H,19,22). The third-order valence-electron chi connectivity index (χ3n) is 3.19. The summed E-state index contributed by atoms with van der Waals surface area (Å²) in [7, 11) is 1.56. The summed E-state index contributed by atoms with van der Waals surface area (Å²) in [5.41, 5.74) is 1.89. The topological polar surface area (TPSA) is 76.1 Å². The molecule has 122 valence electrons. The van der Waals surface area contributed by atoms with Crippen LogP contribution in [-0.2, 0) is 0 Å². The van der Waals surface area contributed by atoms with Crippen molar-refractivity contribution >= 4 is 17.4 Å². The highest BCUT2D eigenvalue weighted by molar-refractivity contribution is 6.03. The maximum Gasteiger partial charge on any atom is 0.276 e. The van der Waals surface area contributed by atoms with Gasteiger partial charge in [-0.2, -0.15) is 0 Å². The number of rotatable bonds is 6. The van der Waals surface area contributed by atoms with Gasteiger partial charge in [0.05, 0.1) is 12.8 Å². The predicted molar refractivity (Wildman–Crippen MR) is 91.0 cm³/mol. The number of hydrogen-bond donors (Lipinski definition) is 2. The number of aromatic nitrogens is 2. The quantitative estimate of drug-likeness (QED) is 0.857. The molecule has 0 aliphatic heterocycles. The number of carbonyl (C=O) groups excluding carboxylic acids is 1. The molecule has 1 heterocycles. The molecule has 0 fully saturated rings. The van der Waals surface area contributed by atoms with Gasteiger partial charge in [-0.25, -0.2) is 0 Å². The smallest absolute Gasteiger partial charge is 0.276 e. The van der Waals surface area contributed by atoms with Crippen LogP contribution in [0.3, 0.4) is 0 Å². The Hall–Kier alpha value is -2.63. The van der Waals surface area contributed by atoms with Gasteiger partial charge >= 0.3 is 0 Å². The molecular weight excluding hydrogens is 292 g/mol. The lowest BCUT2D eigenvalue weighted by Crippen LogP contribution is -2.16. The second-order valence-corrected chi connectivity index (χ2v) is 5.74. The van der Waals surface area contributed by atoms with E-state index in [1.54, 1.807) is 19.2 Å². The average Bonchev–Trinajstić information content (AvgIpc) is 2.53. The summed E-state index contributed by atoms with van der Waals surface area (Å²) in [5.74, 6) is 1.45. The lowest BCUT2D eigenvalue weighted by Gasteiger charge is -2.11. The zero-order valence-electron chi connectivity index (χ0n) is 13.9. The first-order valence-electron chi connectivity index (χ1n) is 7.53. The minimum Gasteiger partial charge on any atom is -0.495 e. The van der Waals surface area contributed by atoms with E-state index in [9.17, 15) is 4.79 Å². The van der Waals surface area contributed by atoms with Gasteiger partial charge in [0.15, 0.2) is 5.69 Å². The van der Waals surface area contributed by atoms with Crippen LogP contribution in [0.5, 0.6) is 5.75 Å². The van der Waals surface area contributed by atoms with E-state index < -0.39 is 0 Å². The maximum absolute atomic E-state index is 12.3.